The van der Waals surface area contributed by atoms with Crippen LogP contribution in [0.2, 0.25) is 15.1 Å². The average Bonchev–Trinajstić information content (AvgIpc) is 2.36. The molecule has 0 atom stereocenters. The van der Waals surface area contributed by atoms with Crippen molar-refractivity contribution >= 4 is 69.0 Å². The Balaban J connectivity index is 2.30. The first-order valence-corrected chi connectivity index (χ1v) is 7.40. The standard InChI is InChI=1S/C13H7Cl3INO/c14-7-2-4-11(17)9(5-7)13(19)18-12-6-8(15)1-3-10(12)16/h1-6H,(H,18,19). The Labute approximate surface area is 139 Å². The second-order valence-corrected chi connectivity index (χ2v) is 6.14. The lowest BCUT2D eigenvalue weighted by molar-refractivity contribution is 0.102. The van der Waals surface area contributed by atoms with Crippen molar-refractivity contribution in [3.05, 3.63) is 60.6 Å². The van der Waals surface area contributed by atoms with Gasteiger partial charge in [0.25, 0.3) is 5.91 Å². The molecule has 0 unspecified atom stereocenters. The summed E-state index contributed by atoms with van der Waals surface area (Å²) in [6, 6.07) is 9.99. The molecule has 0 saturated carbocycles. The number of rotatable bonds is 2. The summed E-state index contributed by atoms with van der Waals surface area (Å²) in [6.07, 6.45) is 0. The van der Waals surface area contributed by atoms with E-state index in [0.29, 0.717) is 26.3 Å². The minimum Gasteiger partial charge on any atom is -0.321 e. The molecule has 0 radical (unpaired) electrons. The average molecular weight is 426 g/mol. The molecular weight excluding hydrogens is 419 g/mol. The molecule has 6 heteroatoms. The maximum absolute atomic E-state index is 12.2. The first kappa shape index (κ1) is 14.9. The highest BCUT2D eigenvalue weighted by atomic mass is 127. The summed E-state index contributed by atoms with van der Waals surface area (Å²) in [7, 11) is 0. The Hall–Kier alpha value is -0.490. The molecule has 0 aliphatic carbocycles. The van der Waals surface area contributed by atoms with Gasteiger partial charge in [-0.2, -0.15) is 0 Å². The van der Waals surface area contributed by atoms with Gasteiger partial charge in [-0.05, 0) is 59.0 Å². The lowest BCUT2D eigenvalue weighted by Crippen LogP contribution is -2.13. The molecule has 19 heavy (non-hydrogen) atoms. The Bertz CT molecular complexity index is 646. The van der Waals surface area contributed by atoms with E-state index in [4.69, 9.17) is 34.8 Å². The van der Waals surface area contributed by atoms with Gasteiger partial charge in [0.1, 0.15) is 0 Å². The summed E-state index contributed by atoms with van der Waals surface area (Å²) >= 11 is 19.8. The predicted molar refractivity (Wildman–Crippen MR) is 88.6 cm³/mol. The second-order valence-electron chi connectivity index (χ2n) is 3.70. The van der Waals surface area contributed by atoms with E-state index in [1.165, 1.54) is 0 Å². The van der Waals surface area contributed by atoms with E-state index in [9.17, 15) is 4.79 Å². The van der Waals surface area contributed by atoms with E-state index < -0.39 is 0 Å². The van der Waals surface area contributed by atoms with Crippen LogP contribution in [0.1, 0.15) is 10.4 Å². The van der Waals surface area contributed by atoms with Gasteiger partial charge in [0.15, 0.2) is 0 Å². The van der Waals surface area contributed by atoms with Crippen LogP contribution in [0.3, 0.4) is 0 Å². The number of hydrogen-bond acceptors (Lipinski definition) is 1. The smallest absolute Gasteiger partial charge is 0.256 e. The van der Waals surface area contributed by atoms with Crippen LogP contribution in [0.5, 0.6) is 0 Å². The van der Waals surface area contributed by atoms with Gasteiger partial charge in [-0.25, -0.2) is 0 Å². The summed E-state index contributed by atoms with van der Waals surface area (Å²) in [4.78, 5) is 12.2. The zero-order valence-corrected chi connectivity index (χ0v) is 13.8. The van der Waals surface area contributed by atoms with Crippen LogP contribution in [0, 0.1) is 3.57 Å². The van der Waals surface area contributed by atoms with Gasteiger partial charge in [0.05, 0.1) is 16.3 Å². The highest BCUT2D eigenvalue weighted by Crippen LogP contribution is 2.27. The molecule has 0 aliphatic rings. The van der Waals surface area contributed by atoms with Crippen LogP contribution in [-0.4, -0.2) is 5.91 Å². The third kappa shape index (κ3) is 3.75. The lowest BCUT2D eigenvalue weighted by Gasteiger charge is -2.09. The molecule has 0 heterocycles. The van der Waals surface area contributed by atoms with E-state index in [2.05, 4.69) is 27.9 Å². The molecule has 0 fully saturated rings. The second kappa shape index (κ2) is 6.31. The maximum Gasteiger partial charge on any atom is 0.256 e. The van der Waals surface area contributed by atoms with Gasteiger partial charge in [-0.1, -0.05) is 34.8 Å². The molecule has 0 aromatic heterocycles. The molecule has 0 bridgehead atoms. The van der Waals surface area contributed by atoms with E-state index in [1.807, 2.05) is 0 Å². The molecule has 1 N–H and O–H groups in total. The normalized spacial score (nSPS) is 10.3. The van der Waals surface area contributed by atoms with Gasteiger partial charge in [0, 0.05) is 13.6 Å². The minimum absolute atomic E-state index is 0.281. The topological polar surface area (TPSA) is 29.1 Å². The first-order chi connectivity index (χ1) is 8.97. The van der Waals surface area contributed by atoms with Crippen LogP contribution in [0.4, 0.5) is 5.69 Å². The summed E-state index contributed by atoms with van der Waals surface area (Å²) in [5.41, 5.74) is 0.957. The van der Waals surface area contributed by atoms with Crippen LogP contribution >= 0.6 is 57.4 Å². The number of carbonyl (C=O) groups is 1. The van der Waals surface area contributed by atoms with E-state index in [0.717, 1.165) is 3.57 Å². The first-order valence-electron chi connectivity index (χ1n) is 5.19. The fourth-order valence-corrected chi connectivity index (χ4v) is 2.54. The number of amides is 1. The van der Waals surface area contributed by atoms with E-state index in [-0.39, 0.29) is 5.91 Å². The van der Waals surface area contributed by atoms with E-state index >= 15 is 0 Å². The molecule has 0 aliphatic heterocycles. The lowest BCUT2D eigenvalue weighted by atomic mass is 10.2. The number of carbonyl (C=O) groups excluding carboxylic acids is 1. The summed E-state index contributed by atoms with van der Waals surface area (Å²) < 4.78 is 0.803. The van der Waals surface area contributed by atoms with Crippen molar-refractivity contribution in [2.75, 3.05) is 5.32 Å². The van der Waals surface area contributed by atoms with Gasteiger partial charge in [-0.15, -0.1) is 0 Å². The summed E-state index contributed by atoms with van der Waals surface area (Å²) in [6.45, 7) is 0. The SMILES string of the molecule is O=C(Nc1cc(Cl)ccc1Cl)c1cc(Cl)ccc1I. The predicted octanol–water partition coefficient (Wildman–Crippen LogP) is 5.50. The van der Waals surface area contributed by atoms with Crippen molar-refractivity contribution in [1.82, 2.24) is 0 Å². The molecule has 1 amide bonds. The minimum atomic E-state index is -0.281. The summed E-state index contributed by atoms with van der Waals surface area (Å²) in [5.74, 6) is -0.281. The third-order valence-corrected chi connectivity index (χ3v) is 4.09. The van der Waals surface area contributed by atoms with E-state index in [1.54, 1.807) is 36.4 Å². The molecule has 2 rings (SSSR count). The fraction of sp³-hybridized carbons (Fsp3) is 0. The van der Waals surface area contributed by atoms with Crippen LogP contribution in [0.15, 0.2) is 36.4 Å². The Morgan fingerprint density at radius 3 is 2.37 bits per heavy atom. The molecule has 0 spiro atoms. The summed E-state index contributed by atoms with van der Waals surface area (Å²) in [5, 5.41) is 4.15. The van der Waals surface area contributed by atoms with Crippen LogP contribution in [-0.2, 0) is 0 Å². The quantitative estimate of drug-likeness (QED) is 0.631. The van der Waals surface area contributed by atoms with Crippen molar-refractivity contribution in [3.63, 3.8) is 0 Å². The molecular formula is C13H7Cl3INO. The molecule has 2 aromatic carbocycles. The van der Waals surface area contributed by atoms with Crippen LogP contribution in [0.25, 0.3) is 0 Å². The zero-order valence-electron chi connectivity index (χ0n) is 9.38. The van der Waals surface area contributed by atoms with Gasteiger partial charge in [-0.3, -0.25) is 4.79 Å². The maximum atomic E-state index is 12.2. The Kier molecular flexibility index (Phi) is 4.95. The van der Waals surface area contributed by atoms with Crippen molar-refractivity contribution in [1.29, 1.82) is 0 Å². The van der Waals surface area contributed by atoms with Gasteiger partial charge < -0.3 is 5.32 Å². The van der Waals surface area contributed by atoms with Gasteiger partial charge >= 0.3 is 0 Å². The van der Waals surface area contributed by atoms with Crippen molar-refractivity contribution in [3.8, 4) is 0 Å². The highest BCUT2D eigenvalue weighted by Gasteiger charge is 2.12. The Morgan fingerprint density at radius 1 is 1.00 bits per heavy atom. The van der Waals surface area contributed by atoms with Crippen molar-refractivity contribution in [2.24, 2.45) is 0 Å². The highest BCUT2D eigenvalue weighted by molar-refractivity contribution is 14.1. The van der Waals surface area contributed by atoms with Crippen LogP contribution < -0.4 is 5.32 Å². The van der Waals surface area contributed by atoms with Crippen molar-refractivity contribution in [2.45, 2.75) is 0 Å². The zero-order chi connectivity index (χ0) is 14.0. The number of anilines is 1. The number of halogens is 4. The molecule has 0 saturated heterocycles. The molecule has 2 nitrogen and oxygen atoms in total. The molecule has 2 aromatic rings. The number of benzene rings is 2. The Morgan fingerprint density at radius 2 is 1.63 bits per heavy atom. The molecule has 98 valence electrons. The monoisotopic (exact) mass is 425 g/mol. The van der Waals surface area contributed by atoms with Gasteiger partial charge in [0.2, 0.25) is 0 Å². The number of hydrogen-bond donors (Lipinski definition) is 1. The largest absolute Gasteiger partial charge is 0.321 e. The third-order valence-electron chi connectivity index (χ3n) is 2.35. The number of nitrogens with one attached hydrogen (secondary N) is 1. The fourth-order valence-electron chi connectivity index (χ4n) is 1.45. The van der Waals surface area contributed by atoms with Crippen molar-refractivity contribution < 1.29 is 4.79 Å².